The van der Waals surface area contributed by atoms with Crippen molar-refractivity contribution in [3.8, 4) is 0 Å². The number of ketones is 1. The molecule has 0 aromatic carbocycles. The van der Waals surface area contributed by atoms with Gasteiger partial charge >= 0.3 is 5.97 Å². The zero-order valence-electron chi connectivity index (χ0n) is 11.3. The molecule has 18 heavy (non-hydrogen) atoms. The number of hydrogen-bond acceptors (Lipinski definition) is 4. The lowest BCUT2D eigenvalue weighted by Crippen LogP contribution is -2.61. The van der Waals surface area contributed by atoms with E-state index in [0.717, 1.165) is 0 Å². The molecule has 0 bridgehead atoms. The highest BCUT2D eigenvalue weighted by Gasteiger charge is 2.60. The third-order valence-electron chi connectivity index (χ3n) is 4.17. The fourth-order valence-electron chi connectivity index (χ4n) is 2.79. The number of ether oxygens (including phenoxy) is 1. The van der Waals surface area contributed by atoms with Crippen LogP contribution < -0.4 is 0 Å². The number of halogens is 1. The van der Waals surface area contributed by atoms with Crippen LogP contribution in [-0.2, 0) is 14.3 Å². The quantitative estimate of drug-likeness (QED) is 0.632. The lowest BCUT2D eigenvalue weighted by Gasteiger charge is -2.50. The van der Waals surface area contributed by atoms with Crippen molar-refractivity contribution in [1.29, 1.82) is 0 Å². The molecule has 0 aliphatic heterocycles. The van der Waals surface area contributed by atoms with Gasteiger partial charge in [0.25, 0.3) is 0 Å². The maximum absolute atomic E-state index is 12.1. The maximum atomic E-state index is 12.1. The van der Waals surface area contributed by atoms with Crippen LogP contribution in [0.4, 0.5) is 0 Å². The Kier molecular flexibility index (Phi) is 4.44. The molecule has 0 unspecified atom stereocenters. The Hall–Kier alpha value is -0.610. The van der Waals surface area contributed by atoms with Gasteiger partial charge in [0.15, 0.2) is 0 Å². The van der Waals surface area contributed by atoms with Gasteiger partial charge in [0.2, 0.25) is 0 Å². The van der Waals surface area contributed by atoms with Crippen LogP contribution in [0.1, 0.15) is 40.5 Å². The van der Waals surface area contributed by atoms with E-state index in [9.17, 15) is 14.7 Å². The summed E-state index contributed by atoms with van der Waals surface area (Å²) in [6, 6.07) is 0. The molecule has 1 aliphatic rings. The number of aliphatic hydroxyl groups is 1. The zero-order chi connectivity index (χ0) is 14.1. The molecule has 0 aromatic heterocycles. The number of rotatable bonds is 3. The van der Waals surface area contributed by atoms with E-state index >= 15 is 0 Å². The van der Waals surface area contributed by atoms with E-state index in [2.05, 4.69) is 0 Å². The topological polar surface area (TPSA) is 63.6 Å². The Balaban J connectivity index is 3.15. The molecular formula is C13H21ClO4. The van der Waals surface area contributed by atoms with E-state index in [0.29, 0.717) is 12.8 Å². The Morgan fingerprint density at radius 2 is 2.00 bits per heavy atom. The van der Waals surface area contributed by atoms with Crippen molar-refractivity contribution in [1.82, 2.24) is 0 Å². The summed E-state index contributed by atoms with van der Waals surface area (Å²) in [5.74, 6) is -1.41. The summed E-state index contributed by atoms with van der Waals surface area (Å²) in [6.07, 6.45) is 0.925. The first-order chi connectivity index (χ1) is 8.18. The standard InChI is InChI=1S/C13H21ClO4/c1-5-18-11(16)12(3)7-6-9(14)10(8(2)15)13(12,4)17/h9-10,17H,5-7H2,1-4H3/t9-,10+,12+,13+/m1/s1. The highest BCUT2D eigenvalue weighted by atomic mass is 35.5. The number of Topliss-reactive ketones (excluding diaryl/α,β-unsaturated/α-hetero) is 1. The molecule has 1 saturated carbocycles. The first-order valence-corrected chi connectivity index (χ1v) is 6.66. The third kappa shape index (κ3) is 2.28. The van der Waals surface area contributed by atoms with Gasteiger partial charge in [0.1, 0.15) is 5.78 Å². The second kappa shape index (κ2) is 5.17. The zero-order valence-corrected chi connectivity index (χ0v) is 12.1. The molecule has 1 N–H and O–H groups in total. The molecule has 4 nitrogen and oxygen atoms in total. The van der Waals surface area contributed by atoms with Crippen LogP contribution in [0.5, 0.6) is 0 Å². The fraction of sp³-hybridized carbons (Fsp3) is 0.846. The van der Waals surface area contributed by atoms with Crippen molar-refractivity contribution < 1.29 is 19.4 Å². The average molecular weight is 277 g/mol. The average Bonchev–Trinajstić information content (AvgIpc) is 2.23. The largest absolute Gasteiger partial charge is 0.465 e. The number of alkyl halides is 1. The molecular weight excluding hydrogens is 256 g/mol. The summed E-state index contributed by atoms with van der Waals surface area (Å²) >= 11 is 6.14. The van der Waals surface area contributed by atoms with Crippen molar-refractivity contribution >= 4 is 23.4 Å². The molecule has 1 fully saturated rings. The predicted octanol–water partition coefficient (Wildman–Crippen LogP) is 1.91. The van der Waals surface area contributed by atoms with Crippen LogP contribution in [0.25, 0.3) is 0 Å². The normalized spacial score (nSPS) is 40.3. The van der Waals surface area contributed by atoms with E-state index in [-0.39, 0.29) is 12.4 Å². The fourth-order valence-corrected chi connectivity index (χ4v) is 3.32. The monoisotopic (exact) mass is 276 g/mol. The molecule has 0 heterocycles. The van der Waals surface area contributed by atoms with Gasteiger partial charge in [-0.1, -0.05) is 0 Å². The highest BCUT2D eigenvalue weighted by molar-refractivity contribution is 6.22. The lowest BCUT2D eigenvalue weighted by atomic mass is 9.59. The van der Waals surface area contributed by atoms with Gasteiger partial charge < -0.3 is 9.84 Å². The van der Waals surface area contributed by atoms with E-state index in [1.807, 2.05) is 0 Å². The predicted molar refractivity (Wildman–Crippen MR) is 68.4 cm³/mol. The van der Waals surface area contributed by atoms with E-state index < -0.39 is 28.3 Å². The second-order valence-corrected chi connectivity index (χ2v) is 5.90. The van der Waals surface area contributed by atoms with Crippen molar-refractivity contribution in [2.75, 3.05) is 6.61 Å². The Morgan fingerprint density at radius 1 is 1.44 bits per heavy atom. The smallest absolute Gasteiger partial charge is 0.314 e. The second-order valence-electron chi connectivity index (χ2n) is 5.34. The van der Waals surface area contributed by atoms with Crippen LogP contribution in [0.2, 0.25) is 0 Å². The molecule has 0 aromatic rings. The molecule has 0 spiro atoms. The summed E-state index contributed by atoms with van der Waals surface area (Å²) in [7, 11) is 0. The minimum absolute atomic E-state index is 0.199. The summed E-state index contributed by atoms with van der Waals surface area (Å²) < 4.78 is 5.03. The number of esters is 1. The highest BCUT2D eigenvalue weighted by Crippen LogP contribution is 2.49. The van der Waals surface area contributed by atoms with Crippen molar-refractivity contribution in [2.24, 2.45) is 11.3 Å². The summed E-state index contributed by atoms with van der Waals surface area (Å²) in [6.45, 7) is 6.50. The molecule has 1 aliphatic carbocycles. The Labute approximate surface area is 113 Å². The van der Waals surface area contributed by atoms with Crippen LogP contribution in [0.3, 0.4) is 0 Å². The van der Waals surface area contributed by atoms with Crippen molar-refractivity contribution in [3.05, 3.63) is 0 Å². The van der Waals surface area contributed by atoms with Gasteiger partial charge in [-0.05, 0) is 40.5 Å². The van der Waals surface area contributed by atoms with Crippen molar-refractivity contribution in [2.45, 2.75) is 51.5 Å². The number of carbonyl (C=O) groups is 2. The number of carbonyl (C=O) groups excluding carboxylic acids is 2. The summed E-state index contributed by atoms with van der Waals surface area (Å²) in [4.78, 5) is 23.8. The van der Waals surface area contributed by atoms with Crippen LogP contribution in [0, 0.1) is 11.3 Å². The molecule has 104 valence electrons. The molecule has 0 saturated heterocycles. The molecule has 0 amide bonds. The molecule has 0 radical (unpaired) electrons. The van der Waals surface area contributed by atoms with Gasteiger partial charge in [0, 0.05) is 5.38 Å². The van der Waals surface area contributed by atoms with E-state index in [1.165, 1.54) is 13.8 Å². The molecule has 5 heteroatoms. The van der Waals surface area contributed by atoms with Gasteiger partial charge in [0.05, 0.1) is 23.5 Å². The SMILES string of the molecule is CCOC(=O)[C@]1(C)CC[C@@H](Cl)[C@H](C(C)=O)[C@]1(C)O. The minimum Gasteiger partial charge on any atom is -0.465 e. The maximum Gasteiger partial charge on any atom is 0.314 e. The first-order valence-electron chi connectivity index (χ1n) is 6.22. The van der Waals surface area contributed by atoms with Crippen LogP contribution in [0.15, 0.2) is 0 Å². The molecule has 4 atom stereocenters. The first kappa shape index (κ1) is 15.4. The van der Waals surface area contributed by atoms with Gasteiger partial charge in [-0.15, -0.1) is 11.6 Å². The number of hydrogen-bond donors (Lipinski definition) is 1. The lowest BCUT2D eigenvalue weighted by molar-refractivity contribution is -0.187. The minimum atomic E-state index is -1.49. The molecule has 1 rings (SSSR count). The summed E-state index contributed by atoms with van der Waals surface area (Å²) in [5, 5.41) is 10.2. The Bertz CT molecular complexity index is 353. The van der Waals surface area contributed by atoms with Crippen molar-refractivity contribution in [3.63, 3.8) is 0 Å². The van der Waals surface area contributed by atoms with Crippen LogP contribution in [-0.4, -0.2) is 34.4 Å². The van der Waals surface area contributed by atoms with E-state index in [4.69, 9.17) is 16.3 Å². The summed E-state index contributed by atoms with van der Waals surface area (Å²) in [5.41, 5.74) is -2.58. The van der Waals surface area contributed by atoms with Gasteiger partial charge in [-0.2, -0.15) is 0 Å². The third-order valence-corrected chi connectivity index (χ3v) is 4.64. The van der Waals surface area contributed by atoms with Gasteiger partial charge in [-0.3, -0.25) is 9.59 Å². The van der Waals surface area contributed by atoms with Crippen LogP contribution >= 0.6 is 11.6 Å². The van der Waals surface area contributed by atoms with E-state index in [1.54, 1.807) is 13.8 Å². The van der Waals surface area contributed by atoms with Gasteiger partial charge in [-0.25, -0.2) is 0 Å². The Morgan fingerprint density at radius 3 is 2.44 bits per heavy atom.